The number of thioether (sulfide) groups is 1. The lowest BCUT2D eigenvalue weighted by atomic mass is 10.2. The van der Waals surface area contributed by atoms with E-state index < -0.39 is 0 Å². The average molecular weight is 317 g/mol. The van der Waals surface area contributed by atoms with Crippen molar-refractivity contribution in [2.45, 2.75) is 17.8 Å². The largest absolute Gasteiger partial charge is 0.384 e. The van der Waals surface area contributed by atoms with Crippen molar-refractivity contribution in [1.29, 1.82) is 0 Å². The predicted octanol–water partition coefficient (Wildman–Crippen LogP) is 2.85. The van der Waals surface area contributed by atoms with Gasteiger partial charge in [-0.2, -0.15) is 4.98 Å². The number of halogens is 1. The van der Waals surface area contributed by atoms with Gasteiger partial charge in [-0.05, 0) is 31.2 Å². The van der Waals surface area contributed by atoms with Crippen LogP contribution in [0.1, 0.15) is 11.6 Å². The Balaban J connectivity index is 1.70. The van der Waals surface area contributed by atoms with Crippen LogP contribution in [0, 0.1) is 12.7 Å². The molecule has 1 aromatic carbocycles. The van der Waals surface area contributed by atoms with Crippen molar-refractivity contribution in [3.63, 3.8) is 0 Å². The van der Waals surface area contributed by atoms with Crippen LogP contribution in [0.5, 0.6) is 0 Å². The number of nitrogens with zero attached hydrogens (tertiary/aromatic N) is 4. The molecule has 3 aromatic rings. The highest BCUT2D eigenvalue weighted by Gasteiger charge is 2.10. The van der Waals surface area contributed by atoms with Gasteiger partial charge in [0.1, 0.15) is 11.6 Å². The number of hydrogen-bond acceptors (Lipinski definition) is 7. The highest BCUT2D eigenvalue weighted by molar-refractivity contribution is 7.98. The molecule has 6 nitrogen and oxygen atoms in total. The molecule has 0 aliphatic heterocycles. The fraction of sp³-hybridized carbons (Fsp3) is 0.143. The number of anilines is 1. The fourth-order valence-electron chi connectivity index (χ4n) is 1.79. The van der Waals surface area contributed by atoms with E-state index >= 15 is 0 Å². The van der Waals surface area contributed by atoms with Crippen molar-refractivity contribution in [3.8, 4) is 11.4 Å². The smallest absolute Gasteiger partial charge is 0.237 e. The molecule has 0 bridgehead atoms. The van der Waals surface area contributed by atoms with Crippen LogP contribution in [0.15, 0.2) is 40.0 Å². The Morgan fingerprint density at radius 3 is 2.68 bits per heavy atom. The fourth-order valence-corrected chi connectivity index (χ4v) is 2.53. The van der Waals surface area contributed by atoms with Gasteiger partial charge in [0, 0.05) is 17.3 Å². The lowest BCUT2D eigenvalue weighted by Crippen LogP contribution is -1.96. The highest BCUT2D eigenvalue weighted by Crippen LogP contribution is 2.22. The van der Waals surface area contributed by atoms with Crippen molar-refractivity contribution >= 4 is 17.6 Å². The van der Waals surface area contributed by atoms with Crippen molar-refractivity contribution in [3.05, 3.63) is 47.7 Å². The quantitative estimate of drug-likeness (QED) is 0.584. The van der Waals surface area contributed by atoms with Crippen LogP contribution in [0.25, 0.3) is 11.4 Å². The molecule has 0 spiro atoms. The van der Waals surface area contributed by atoms with E-state index in [1.807, 2.05) is 6.92 Å². The van der Waals surface area contributed by atoms with Crippen LogP contribution in [0.2, 0.25) is 0 Å². The van der Waals surface area contributed by atoms with Crippen LogP contribution in [0.3, 0.4) is 0 Å². The van der Waals surface area contributed by atoms with Gasteiger partial charge in [-0.15, -0.1) is 0 Å². The second-order valence-electron chi connectivity index (χ2n) is 4.52. The normalized spacial score (nSPS) is 10.8. The third-order valence-corrected chi connectivity index (χ3v) is 3.58. The predicted molar refractivity (Wildman–Crippen MR) is 80.4 cm³/mol. The summed E-state index contributed by atoms with van der Waals surface area (Å²) in [6.07, 6.45) is 0. The number of hydrogen-bond donors (Lipinski definition) is 1. The van der Waals surface area contributed by atoms with Gasteiger partial charge in [0.25, 0.3) is 0 Å². The number of aryl methyl sites for hydroxylation is 1. The molecule has 0 aliphatic carbocycles. The number of rotatable bonds is 4. The number of aromatic nitrogens is 4. The monoisotopic (exact) mass is 317 g/mol. The van der Waals surface area contributed by atoms with Crippen LogP contribution < -0.4 is 5.73 Å². The molecule has 0 amide bonds. The van der Waals surface area contributed by atoms with Gasteiger partial charge in [0.15, 0.2) is 5.16 Å². The summed E-state index contributed by atoms with van der Waals surface area (Å²) in [4.78, 5) is 12.6. The minimum Gasteiger partial charge on any atom is -0.384 e. The maximum Gasteiger partial charge on any atom is 0.237 e. The second kappa shape index (κ2) is 6.10. The zero-order valence-corrected chi connectivity index (χ0v) is 12.5. The average Bonchev–Trinajstić information content (AvgIpc) is 2.94. The van der Waals surface area contributed by atoms with Gasteiger partial charge in [-0.25, -0.2) is 14.4 Å². The molecule has 2 aromatic heterocycles. The zero-order valence-electron chi connectivity index (χ0n) is 11.7. The minimum absolute atomic E-state index is 0.308. The molecule has 112 valence electrons. The van der Waals surface area contributed by atoms with Crippen LogP contribution in [-0.2, 0) is 5.75 Å². The molecule has 2 N–H and O–H groups in total. The Bertz CT molecular complexity index is 770. The third kappa shape index (κ3) is 3.40. The summed E-state index contributed by atoms with van der Waals surface area (Å²) in [5.74, 6) is 1.40. The molecular weight excluding hydrogens is 305 g/mol. The summed E-state index contributed by atoms with van der Waals surface area (Å²) in [6, 6.07) is 7.60. The van der Waals surface area contributed by atoms with Gasteiger partial charge in [0.05, 0.1) is 5.75 Å². The van der Waals surface area contributed by atoms with E-state index in [1.165, 1.54) is 23.9 Å². The van der Waals surface area contributed by atoms with E-state index in [4.69, 9.17) is 10.3 Å². The Morgan fingerprint density at radius 1 is 1.18 bits per heavy atom. The summed E-state index contributed by atoms with van der Waals surface area (Å²) >= 11 is 1.35. The molecule has 0 radical (unpaired) electrons. The van der Waals surface area contributed by atoms with Gasteiger partial charge in [-0.3, -0.25) is 0 Å². The summed E-state index contributed by atoms with van der Waals surface area (Å²) < 4.78 is 18.1. The van der Waals surface area contributed by atoms with E-state index in [-0.39, 0.29) is 5.82 Å². The Morgan fingerprint density at radius 2 is 1.95 bits per heavy atom. The summed E-state index contributed by atoms with van der Waals surface area (Å²) in [6.45, 7) is 1.85. The molecule has 0 unspecified atom stereocenters. The van der Waals surface area contributed by atoms with Crippen LogP contribution in [0.4, 0.5) is 10.2 Å². The molecule has 0 saturated carbocycles. The van der Waals surface area contributed by atoms with E-state index in [1.54, 1.807) is 18.2 Å². The van der Waals surface area contributed by atoms with E-state index in [9.17, 15) is 4.39 Å². The maximum atomic E-state index is 12.9. The first-order chi connectivity index (χ1) is 10.6. The number of benzene rings is 1. The highest BCUT2D eigenvalue weighted by atomic mass is 32.2. The molecule has 0 aliphatic rings. The topological polar surface area (TPSA) is 90.7 Å². The Labute approximate surface area is 130 Å². The first-order valence-corrected chi connectivity index (χ1v) is 7.41. The molecule has 0 saturated heterocycles. The standard InChI is InChI=1S/C14H12FN5OS/c1-8-6-11(16)18-14(17-8)22-7-12-19-13(20-21-12)9-2-4-10(15)5-3-9/h2-6H,7H2,1H3,(H2,16,17,18). The van der Waals surface area contributed by atoms with Crippen molar-refractivity contribution in [2.24, 2.45) is 0 Å². The lowest BCUT2D eigenvalue weighted by molar-refractivity contribution is 0.391. The van der Waals surface area contributed by atoms with E-state index in [2.05, 4.69) is 20.1 Å². The molecule has 8 heteroatoms. The third-order valence-electron chi connectivity index (χ3n) is 2.75. The first kappa shape index (κ1) is 14.5. The Kier molecular flexibility index (Phi) is 4.01. The summed E-state index contributed by atoms with van der Waals surface area (Å²) in [5.41, 5.74) is 7.16. The van der Waals surface area contributed by atoms with Gasteiger partial charge in [-0.1, -0.05) is 16.9 Å². The zero-order chi connectivity index (χ0) is 15.5. The van der Waals surface area contributed by atoms with Crippen LogP contribution >= 0.6 is 11.8 Å². The Hall–Kier alpha value is -2.48. The molecule has 0 fully saturated rings. The molecular formula is C14H12FN5OS. The second-order valence-corrected chi connectivity index (χ2v) is 5.47. The van der Waals surface area contributed by atoms with E-state index in [0.717, 1.165) is 5.69 Å². The lowest BCUT2D eigenvalue weighted by Gasteiger charge is -2.00. The van der Waals surface area contributed by atoms with Crippen molar-refractivity contribution in [2.75, 3.05) is 5.73 Å². The summed E-state index contributed by atoms with van der Waals surface area (Å²) in [5, 5.41) is 4.43. The molecule has 3 rings (SSSR count). The van der Waals surface area contributed by atoms with Gasteiger partial charge in [0.2, 0.25) is 11.7 Å². The number of nitrogen functional groups attached to an aromatic ring is 1. The number of nitrogens with two attached hydrogens (primary N) is 1. The first-order valence-electron chi connectivity index (χ1n) is 6.42. The summed E-state index contributed by atoms with van der Waals surface area (Å²) in [7, 11) is 0. The molecule has 22 heavy (non-hydrogen) atoms. The molecule has 2 heterocycles. The maximum absolute atomic E-state index is 12.9. The van der Waals surface area contributed by atoms with Crippen molar-refractivity contribution in [1.82, 2.24) is 20.1 Å². The minimum atomic E-state index is -0.308. The van der Waals surface area contributed by atoms with Crippen LogP contribution in [-0.4, -0.2) is 20.1 Å². The molecule has 0 atom stereocenters. The van der Waals surface area contributed by atoms with E-state index in [0.29, 0.717) is 34.0 Å². The van der Waals surface area contributed by atoms with Gasteiger partial charge < -0.3 is 10.3 Å². The SMILES string of the molecule is Cc1cc(N)nc(SCc2nc(-c3ccc(F)cc3)no2)n1. The van der Waals surface area contributed by atoms with Gasteiger partial charge >= 0.3 is 0 Å². The van der Waals surface area contributed by atoms with Crippen molar-refractivity contribution < 1.29 is 8.91 Å².